The number of aromatic nitrogens is 1. The molecule has 28 heavy (non-hydrogen) atoms. The number of rotatable bonds is 5. The Hall–Kier alpha value is -2.16. The average Bonchev–Trinajstić information content (AvgIpc) is 3.32. The summed E-state index contributed by atoms with van der Waals surface area (Å²) >= 11 is 0. The van der Waals surface area contributed by atoms with Crippen molar-refractivity contribution in [1.29, 1.82) is 0 Å². The maximum absolute atomic E-state index is 14.7. The molecule has 1 saturated carbocycles. The molecular weight excluding hydrogens is 396 g/mol. The van der Waals surface area contributed by atoms with Gasteiger partial charge in [-0.25, -0.2) is 12.8 Å². The van der Waals surface area contributed by atoms with Gasteiger partial charge in [-0.15, -0.1) is 0 Å². The van der Waals surface area contributed by atoms with Crippen LogP contribution in [0.15, 0.2) is 35.2 Å². The lowest BCUT2D eigenvalue weighted by atomic mass is 10.0. The van der Waals surface area contributed by atoms with Crippen LogP contribution in [0.1, 0.15) is 49.7 Å². The molecular formula is C19H20F4N2O2S. The van der Waals surface area contributed by atoms with E-state index in [2.05, 4.69) is 17.2 Å². The molecule has 1 heterocycles. The maximum Gasteiger partial charge on any atom is 0.502 e. The van der Waals surface area contributed by atoms with E-state index in [-0.39, 0.29) is 11.0 Å². The van der Waals surface area contributed by atoms with Crippen LogP contribution in [0, 0.1) is 12.7 Å². The lowest BCUT2D eigenvalue weighted by Crippen LogP contribution is -2.25. The summed E-state index contributed by atoms with van der Waals surface area (Å²) in [6.45, 7) is 5.46. The number of halogens is 4. The van der Waals surface area contributed by atoms with E-state index >= 15 is 0 Å². The van der Waals surface area contributed by atoms with E-state index in [1.807, 2.05) is 13.0 Å². The van der Waals surface area contributed by atoms with Crippen LogP contribution in [0.5, 0.6) is 0 Å². The first-order valence-corrected chi connectivity index (χ1v) is 10.2. The fourth-order valence-electron chi connectivity index (χ4n) is 3.03. The maximum atomic E-state index is 14.7. The average molecular weight is 416 g/mol. The summed E-state index contributed by atoms with van der Waals surface area (Å²) in [4.78, 5) is 3.15. The number of hydrogen-bond donors (Lipinski definition) is 1. The van der Waals surface area contributed by atoms with Crippen LogP contribution in [-0.4, -0.2) is 18.9 Å². The van der Waals surface area contributed by atoms with E-state index in [0.717, 1.165) is 30.3 Å². The van der Waals surface area contributed by atoms with Crippen molar-refractivity contribution < 1.29 is 26.0 Å². The quantitative estimate of drug-likeness (QED) is 0.694. The molecule has 0 aliphatic heterocycles. The van der Waals surface area contributed by atoms with Gasteiger partial charge in [0.05, 0.1) is 6.04 Å². The first-order valence-electron chi connectivity index (χ1n) is 8.71. The van der Waals surface area contributed by atoms with Gasteiger partial charge in [-0.2, -0.15) is 13.2 Å². The van der Waals surface area contributed by atoms with Gasteiger partial charge in [0.1, 0.15) is 10.7 Å². The van der Waals surface area contributed by atoms with Crippen LogP contribution in [0.2, 0.25) is 0 Å². The van der Waals surface area contributed by atoms with Gasteiger partial charge in [0.2, 0.25) is 0 Å². The third-order valence-electron chi connectivity index (χ3n) is 5.01. The highest BCUT2D eigenvalue weighted by Crippen LogP contribution is 2.47. The number of aryl methyl sites for hydroxylation is 1. The van der Waals surface area contributed by atoms with Crippen LogP contribution in [0.25, 0.3) is 0 Å². The highest BCUT2D eigenvalue weighted by molar-refractivity contribution is 7.92. The Balaban J connectivity index is 1.93. The Morgan fingerprint density at radius 3 is 2.43 bits per heavy atom. The molecule has 9 heteroatoms. The van der Waals surface area contributed by atoms with Gasteiger partial charge in [0.25, 0.3) is 9.84 Å². The minimum absolute atomic E-state index is 0.0115. The molecule has 152 valence electrons. The van der Waals surface area contributed by atoms with Crippen LogP contribution in [-0.2, 0) is 15.3 Å². The Kier molecular flexibility index (Phi) is 4.94. The normalized spacial score (nSPS) is 17.2. The lowest BCUT2D eigenvalue weighted by molar-refractivity contribution is -0.0437. The van der Waals surface area contributed by atoms with E-state index in [4.69, 9.17) is 0 Å². The van der Waals surface area contributed by atoms with Crippen molar-refractivity contribution in [3.8, 4) is 0 Å². The van der Waals surface area contributed by atoms with Crippen LogP contribution >= 0.6 is 0 Å². The fraction of sp³-hybridized carbons (Fsp3) is 0.421. The SMILES string of the molecule is Cc1cc(N[C@H](C)c2cccc(S(=O)(=O)C(F)(F)F)c2F)cc(C2(C)CC2)n1. The van der Waals surface area contributed by atoms with Crippen molar-refractivity contribution in [2.45, 2.75) is 55.5 Å². The highest BCUT2D eigenvalue weighted by atomic mass is 32.2. The minimum Gasteiger partial charge on any atom is -0.378 e. The predicted octanol–water partition coefficient (Wildman–Crippen LogP) is 5.05. The smallest absolute Gasteiger partial charge is 0.378 e. The number of nitrogens with one attached hydrogen (secondary N) is 1. The molecule has 1 N–H and O–H groups in total. The standard InChI is InChI=1S/C19H20F4N2O2S/c1-11-9-13(10-16(24-11)18(3)7-8-18)25-12(2)14-5-4-6-15(17(14)20)28(26,27)19(21,22)23/h4-6,9-10,12H,7-8H2,1-3H3,(H,24,25)/t12-/m1/s1. The monoisotopic (exact) mass is 416 g/mol. The van der Waals surface area contributed by atoms with Crippen molar-refractivity contribution in [3.05, 3.63) is 53.1 Å². The molecule has 0 unspecified atom stereocenters. The predicted molar refractivity (Wildman–Crippen MR) is 97.2 cm³/mol. The first-order chi connectivity index (χ1) is 12.8. The second-order valence-corrected chi connectivity index (χ2v) is 9.33. The van der Waals surface area contributed by atoms with Crippen LogP contribution in [0.3, 0.4) is 0 Å². The second kappa shape index (κ2) is 6.72. The van der Waals surface area contributed by atoms with Gasteiger partial charge < -0.3 is 5.32 Å². The number of nitrogens with zero attached hydrogens (tertiary/aromatic N) is 1. The van der Waals surface area contributed by atoms with Gasteiger partial charge in [-0.3, -0.25) is 4.98 Å². The molecule has 1 aliphatic rings. The molecule has 1 aromatic carbocycles. The zero-order valence-electron chi connectivity index (χ0n) is 15.6. The molecule has 3 rings (SSSR count). The molecule has 4 nitrogen and oxygen atoms in total. The van der Waals surface area contributed by atoms with Crippen molar-refractivity contribution in [2.75, 3.05) is 5.32 Å². The fourth-order valence-corrected chi connectivity index (χ4v) is 3.89. The van der Waals surface area contributed by atoms with Gasteiger partial charge in [-0.05, 0) is 44.9 Å². The summed E-state index contributed by atoms with van der Waals surface area (Å²) < 4.78 is 76.3. The zero-order chi connectivity index (χ0) is 20.9. The summed E-state index contributed by atoms with van der Waals surface area (Å²) in [5, 5.41) is 3.04. The van der Waals surface area contributed by atoms with Gasteiger partial charge in [0, 0.05) is 28.1 Å². The molecule has 1 atom stereocenters. The Morgan fingerprint density at radius 1 is 1.21 bits per heavy atom. The van der Waals surface area contributed by atoms with Gasteiger partial charge >= 0.3 is 5.51 Å². The molecule has 0 radical (unpaired) electrons. The first kappa shape index (κ1) is 20.6. The van der Waals surface area contributed by atoms with Crippen molar-refractivity contribution in [2.24, 2.45) is 0 Å². The largest absolute Gasteiger partial charge is 0.502 e. The summed E-state index contributed by atoms with van der Waals surface area (Å²) in [7, 11) is -5.77. The molecule has 1 fully saturated rings. The number of anilines is 1. The van der Waals surface area contributed by atoms with Crippen LogP contribution in [0.4, 0.5) is 23.2 Å². The highest BCUT2D eigenvalue weighted by Gasteiger charge is 2.48. The molecule has 2 aromatic rings. The molecule has 1 aromatic heterocycles. The van der Waals surface area contributed by atoms with Gasteiger partial charge in [0.15, 0.2) is 0 Å². The van der Waals surface area contributed by atoms with E-state index < -0.39 is 32.1 Å². The van der Waals surface area contributed by atoms with Gasteiger partial charge in [-0.1, -0.05) is 19.1 Å². The Bertz CT molecular complexity index is 1020. The lowest BCUT2D eigenvalue weighted by Gasteiger charge is -2.20. The summed E-state index contributed by atoms with van der Waals surface area (Å²) in [6.07, 6.45) is 2.04. The molecule has 0 spiro atoms. The van der Waals surface area contributed by atoms with Crippen molar-refractivity contribution >= 4 is 15.5 Å². The third-order valence-corrected chi connectivity index (χ3v) is 6.51. The Labute approximate surface area is 160 Å². The third kappa shape index (κ3) is 3.72. The number of hydrogen-bond acceptors (Lipinski definition) is 4. The van der Waals surface area contributed by atoms with E-state index in [1.54, 1.807) is 13.0 Å². The molecule has 0 saturated heterocycles. The molecule has 0 amide bonds. The number of benzene rings is 1. The van der Waals surface area contributed by atoms with E-state index in [9.17, 15) is 26.0 Å². The Morgan fingerprint density at radius 2 is 1.86 bits per heavy atom. The van der Waals surface area contributed by atoms with E-state index in [0.29, 0.717) is 11.8 Å². The van der Waals surface area contributed by atoms with Crippen molar-refractivity contribution in [1.82, 2.24) is 4.98 Å². The topological polar surface area (TPSA) is 59.1 Å². The number of alkyl halides is 3. The van der Waals surface area contributed by atoms with Crippen molar-refractivity contribution in [3.63, 3.8) is 0 Å². The summed E-state index contributed by atoms with van der Waals surface area (Å²) in [5.41, 5.74) is -3.42. The van der Waals surface area contributed by atoms with E-state index in [1.165, 1.54) is 6.07 Å². The molecule has 1 aliphatic carbocycles. The molecule has 0 bridgehead atoms. The second-order valence-electron chi connectivity index (χ2n) is 7.42. The van der Waals surface area contributed by atoms with Crippen LogP contribution < -0.4 is 5.32 Å². The summed E-state index contributed by atoms with van der Waals surface area (Å²) in [6, 6.07) is 5.82. The number of sulfone groups is 1. The summed E-state index contributed by atoms with van der Waals surface area (Å²) in [5.74, 6) is -1.40. The number of pyridine rings is 1. The zero-order valence-corrected chi connectivity index (χ0v) is 16.4. The minimum atomic E-state index is -5.77.